The zero-order valence-electron chi connectivity index (χ0n) is 14.8. The Kier molecular flexibility index (Phi) is 6.58. The Bertz CT molecular complexity index is 768. The number of nitrogens with one attached hydrogen (secondary N) is 1. The van der Waals surface area contributed by atoms with E-state index in [0.29, 0.717) is 28.5 Å². The zero-order chi connectivity index (χ0) is 18.4. The van der Waals surface area contributed by atoms with Crippen LogP contribution in [0, 0.1) is 13.8 Å². The van der Waals surface area contributed by atoms with E-state index in [-0.39, 0.29) is 5.91 Å². The van der Waals surface area contributed by atoms with E-state index in [4.69, 9.17) is 10.5 Å². The smallest absolute Gasteiger partial charge is 0.256 e. The van der Waals surface area contributed by atoms with Crippen LogP contribution in [0.25, 0.3) is 0 Å². The Labute approximate surface area is 152 Å². The van der Waals surface area contributed by atoms with Gasteiger partial charge in [0, 0.05) is 10.4 Å². The molecule has 25 heavy (non-hydrogen) atoms. The number of carbonyl (C=O) groups excluding carboxylic acids is 2. The first-order valence-corrected chi connectivity index (χ1v) is 9.19. The maximum Gasteiger partial charge on any atom is 0.256 e. The van der Waals surface area contributed by atoms with Crippen molar-refractivity contribution in [3.63, 3.8) is 0 Å². The molecule has 1 heterocycles. The third-order valence-electron chi connectivity index (χ3n) is 3.97. The van der Waals surface area contributed by atoms with E-state index < -0.39 is 5.91 Å². The fraction of sp³-hybridized carbons (Fsp3) is 0.368. The second-order valence-corrected chi connectivity index (χ2v) is 7.11. The van der Waals surface area contributed by atoms with E-state index in [2.05, 4.69) is 12.2 Å². The van der Waals surface area contributed by atoms with E-state index in [1.54, 1.807) is 18.2 Å². The number of carbonyl (C=O) groups is 2. The van der Waals surface area contributed by atoms with Crippen LogP contribution in [0.1, 0.15) is 57.3 Å². The zero-order valence-corrected chi connectivity index (χ0v) is 15.7. The summed E-state index contributed by atoms with van der Waals surface area (Å²) in [7, 11) is 0. The van der Waals surface area contributed by atoms with Gasteiger partial charge in [-0.2, -0.15) is 0 Å². The monoisotopic (exact) mass is 360 g/mol. The van der Waals surface area contributed by atoms with Crippen molar-refractivity contribution in [2.45, 2.75) is 40.0 Å². The quantitative estimate of drug-likeness (QED) is 0.689. The second-order valence-electron chi connectivity index (χ2n) is 5.89. The summed E-state index contributed by atoms with van der Waals surface area (Å²) in [5, 5.41) is 3.28. The first-order chi connectivity index (χ1) is 11.9. The number of nitrogens with two attached hydrogens (primary N) is 1. The van der Waals surface area contributed by atoms with E-state index >= 15 is 0 Å². The molecule has 5 nitrogen and oxygen atoms in total. The summed E-state index contributed by atoms with van der Waals surface area (Å²) < 4.78 is 5.68. The number of thiophene rings is 1. The summed E-state index contributed by atoms with van der Waals surface area (Å²) >= 11 is 1.35. The van der Waals surface area contributed by atoms with Crippen LogP contribution >= 0.6 is 11.3 Å². The van der Waals surface area contributed by atoms with Gasteiger partial charge in [0.25, 0.3) is 11.8 Å². The maximum absolute atomic E-state index is 12.5. The summed E-state index contributed by atoms with van der Waals surface area (Å²) in [5.74, 6) is -0.162. The lowest BCUT2D eigenvalue weighted by atomic mass is 10.1. The average molecular weight is 360 g/mol. The van der Waals surface area contributed by atoms with Gasteiger partial charge in [-0.25, -0.2) is 0 Å². The lowest BCUT2D eigenvalue weighted by molar-refractivity contribution is 0.100. The molecule has 6 heteroatoms. The van der Waals surface area contributed by atoms with E-state index in [1.165, 1.54) is 11.3 Å². The lowest BCUT2D eigenvalue weighted by Crippen LogP contribution is -2.17. The summed E-state index contributed by atoms with van der Waals surface area (Å²) in [6, 6.07) is 7.03. The lowest BCUT2D eigenvalue weighted by Gasteiger charge is -2.09. The number of ether oxygens (including phenoxy) is 1. The van der Waals surface area contributed by atoms with E-state index in [9.17, 15) is 9.59 Å². The van der Waals surface area contributed by atoms with Gasteiger partial charge >= 0.3 is 0 Å². The molecule has 0 aliphatic heterocycles. The molecule has 0 bridgehead atoms. The number of hydrogen-bond acceptors (Lipinski definition) is 4. The third-order valence-corrected chi connectivity index (χ3v) is 5.09. The van der Waals surface area contributed by atoms with Crippen molar-refractivity contribution in [1.82, 2.24) is 0 Å². The summed E-state index contributed by atoms with van der Waals surface area (Å²) in [5.41, 5.74) is 7.11. The summed E-state index contributed by atoms with van der Waals surface area (Å²) in [4.78, 5) is 25.1. The molecular weight excluding hydrogens is 336 g/mol. The van der Waals surface area contributed by atoms with Crippen LogP contribution in [-0.4, -0.2) is 18.4 Å². The number of primary amides is 1. The van der Waals surface area contributed by atoms with Crippen LogP contribution in [0.4, 0.5) is 5.00 Å². The molecule has 0 spiro atoms. The molecule has 0 aliphatic carbocycles. The van der Waals surface area contributed by atoms with Gasteiger partial charge in [-0.3, -0.25) is 9.59 Å². The fourth-order valence-corrected chi connectivity index (χ4v) is 3.52. The van der Waals surface area contributed by atoms with E-state index in [0.717, 1.165) is 29.7 Å². The van der Waals surface area contributed by atoms with Gasteiger partial charge < -0.3 is 15.8 Å². The highest BCUT2D eigenvalue weighted by atomic mass is 32.1. The Balaban J connectivity index is 2.11. The Morgan fingerprint density at radius 2 is 2.00 bits per heavy atom. The van der Waals surface area contributed by atoms with Gasteiger partial charge in [0.2, 0.25) is 0 Å². The summed E-state index contributed by atoms with van der Waals surface area (Å²) in [6.07, 6.45) is 3.24. The van der Waals surface area contributed by atoms with E-state index in [1.807, 2.05) is 19.9 Å². The minimum Gasteiger partial charge on any atom is -0.494 e. The summed E-state index contributed by atoms with van der Waals surface area (Å²) in [6.45, 7) is 6.49. The molecule has 1 aromatic heterocycles. The van der Waals surface area contributed by atoms with Crippen LogP contribution < -0.4 is 15.8 Å². The molecular formula is C19H24N2O3S. The molecule has 2 amide bonds. The highest BCUT2D eigenvalue weighted by molar-refractivity contribution is 7.16. The number of amides is 2. The first kappa shape index (κ1) is 19.0. The first-order valence-electron chi connectivity index (χ1n) is 8.38. The molecule has 3 N–H and O–H groups in total. The van der Waals surface area contributed by atoms with Crippen molar-refractivity contribution in [1.29, 1.82) is 0 Å². The highest BCUT2D eigenvalue weighted by Crippen LogP contribution is 2.32. The van der Waals surface area contributed by atoms with Crippen molar-refractivity contribution in [2.75, 3.05) is 11.9 Å². The van der Waals surface area contributed by atoms with Gasteiger partial charge in [0.1, 0.15) is 10.8 Å². The van der Waals surface area contributed by atoms with Gasteiger partial charge in [-0.1, -0.05) is 25.8 Å². The minimum absolute atomic E-state index is 0.289. The molecule has 0 radical (unpaired) electrons. The van der Waals surface area contributed by atoms with Gasteiger partial charge in [-0.15, -0.1) is 11.3 Å². The molecule has 134 valence electrons. The number of unbranched alkanes of at least 4 members (excludes halogenated alkanes) is 2. The number of rotatable bonds is 8. The topological polar surface area (TPSA) is 81.4 Å². The second kappa shape index (κ2) is 8.67. The van der Waals surface area contributed by atoms with Crippen LogP contribution in [0.3, 0.4) is 0 Å². The molecule has 2 rings (SSSR count). The predicted octanol–water partition coefficient (Wildman–Crippen LogP) is 4.29. The molecule has 0 saturated carbocycles. The molecule has 0 fully saturated rings. The molecule has 0 saturated heterocycles. The number of aryl methyl sites for hydroxylation is 1. The van der Waals surface area contributed by atoms with Crippen molar-refractivity contribution < 1.29 is 14.3 Å². The number of anilines is 1. The van der Waals surface area contributed by atoms with Crippen LogP contribution in [0.5, 0.6) is 5.75 Å². The minimum atomic E-state index is -0.537. The largest absolute Gasteiger partial charge is 0.494 e. The molecule has 0 atom stereocenters. The Hall–Kier alpha value is -2.34. The Morgan fingerprint density at radius 3 is 2.68 bits per heavy atom. The van der Waals surface area contributed by atoms with Gasteiger partial charge in [-0.05, 0) is 44.0 Å². The fourth-order valence-electron chi connectivity index (χ4n) is 2.46. The molecule has 0 aliphatic rings. The highest BCUT2D eigenvalue weighted by Gasteiger charge is 2.19. The number of benzene rings is 1. The Morgan fingerprint density at radius 1 is 1.24 bits per heavy atom. The number of hydrogen-bond donors (Lipinski definition) is 2. The maximum atomic E-state index is 12.5. The van der Waals surface area contributed by atoms with Crippen LogP contribution in [-0.2, 0) is 0 Å². The molecule has 2 aromatic rings. The van der Waals surface area contributed by atoms with Gasteiger partial charge in [0.15, 0.2) is 0 Å². The van der Waals surface area contributed by atoms with Crippen molar-refractivity contribution in [3.8, 4) is 5.75 Å². The third kappa shape index (κ3) is 4.82. The van der Waals surface area contributed by atoms with Crippen molar-refractivity contribution in [3.05, 3.63) is 45.8 Å². The van der Waals surface area contributed by atoms with Crippen molar-refractivity contribution >= 4 is 28.2 Å². The van der Waals surface area contributed by atoms with Crippen LogP contribution in [0.2, 0.25) is 0 Å². The standard InChI is InChI=1S/C19H24N2O3S/c1-4-5-6-10-24-15-9-7-8-14(11-15)18(23)21-19-16(17(20)22)12(2)13(3)25-19/h7-9,11H,4-6,10H2,1-3H3,(H2,20,22)(H,21,23). The SMILES string of the molecule is CCCCCOc1cccc(C(=O)Nc2sc(C)c(C)c2C(N)=O)c1. The molecule has 1 aromatic carbocycles. The predicted molar refractivity (Wildman–Crippen MR) is 102 cm³/mol. The molecule has 0 unspecified atom stereocenters. The normalized spacial score (nSPS) is 10.5. The van der Waals surface area contributed by atoms with Crippen LogP contribution in [0.15, 0.2) is 24.3 Å². The van der Waals surface area contributed by atoms with Gasteiger partial charge in [0.05, 0.1) is 12.2 Å². The van der Waals surface area contributed by atoms with Crippen molar-refractivity contribution in [2.24, 2.45) is 5.73 Å². The average Bonchev–Trinajstić information content (AvgIpc) is 2.86.